The Hall–Kier alpha value is -1.72. The molecule has 0 aliphatic heterocycles. The van der Waals surface area contributed by atoms with Gasteiger partial charge in [-0.15, -0.1) is 11.8 Å². The number of halogens is 1. The molecule has 0 bridgehead atoms. The Labute approximate surface area is 126 Å². The minimum Gasteiger partial charge on any atom is -0.504 e. The van der Waals surface area contributed by atoms with Crippen molar-refractivity contribution in [1.29, 1.82) is 0 Å². The van der Waals surface area contributed by atoms with Gasteiger partial charge in [0.25, 0.3) is 0 Å². The van der Waals surface area contributed by atoms with Crippen LogP contribution in [0.2, 0.25) is 5.02 Å². The van der Waals surface area contributed by atoms with E-state index in [9.17, 15) is 9.90 Å². The summed E-state index contributed by atoms with van der Waals surface area (Å²) in [7, 11) is 0. The van der Waals surface area contributed by atoms with Gasteiger partial charge in [0.2, 0.25) is 5.91 Å². The SMILES string of the molecule is O=C(CSCc1ccccc1Cl)Nc1ncccc1O. The number of nitrogens with zero attached hydrogens (tertiary/aromatic N) is 1. The lowest BCUT2D eigenvalue weighted by molar-refractivity contribution is -0.113. The van der Waals surface area contributed by atoms with Gasteiger partial charge in [-0.1, -0.05) is 29.8 Å². The number of hydrogen-bond acceptors (Lipinski definition) is 4. The summed E-state index contributed by atoms with van der Waals surface area (Å²) < 4.78 is 0. The Kier molecular flexibility index (Phi) is 5.26. The number of anilines is 1. The maximum atomic E-state index is 11.7. The van der Waals surface area contributed by atoms with Gasteiger partial charge in [-0.3, -0.25) is 4.79 Å². The summed E-state index contributed by atoms with van der Waals surface area (Å²) in [5, 5.41) is 12.8. The number of amides is 1. The van der Waals surface area contributed by atoms with E-state index in [0.717, 1.165) is 5.56 Å². The standard InChI is InChI=1S/C14H13ClN2O2S/c15-11-5-2-1-4-10(11)8-20-9-13(19)17-14-12(18)6-3-7-16-14/h1-7,18H,8-9H2,(H,16,17,19). The molecule has 2 rings (SSSR count). The number of rotatable bonds is 5. The van der Waals surface area contributed by atoms with Crippen LogP contribution in [0.15, 0.2) is 42.6 Å². The highest BCUT2D eigenvalue weighted by Crippen LogP contribution is 2.22. The van der Waals surface area contributed by atoms with Crippen molar-refractivity contribution < 1.29 is 9.90 Å². The van der Waals surface area contributed by atoms with Crippen LogP contribution in [0, 0.1) is 0 Å². The highest BCUT2D eigenvalue weighted by Gasteiger charge is 2.07. The van der Waals surface area contributed by atoms with E-state index in [-0.39, 0.29) is 23.2 Å². The van der Waals surface area contributed by atoms with E-state index in [1.54, 1.807) is 6.07 Å². The molecule has 0 aliphatic carbocycles. The number of carbonyl (C=O) groups excluding carboxylic acids is 1. The molecule has 1 aromatic heterocycles. The Bertz CT molecular complexity index is 607. The van der Waals surface area contributed by atoms with Gasteiger partial charge in [0.1, 0.15) is 0 Å². The summed E-state index contributed by atoms with van der Waals surface area (Å²) in [6.45, 7) is 0. The second kappa shape index (κ2) is 7.17. The monoisotopic (exact) mass is 308 g/mol. The molecule has 0 unspecified atom stereocenters. The van der Waals surface area contributed by atoms with Gasteiger partial charge in [0.05, 0.1) is 5.75 Å². The third-order valence-corrected chi connectivity index (χ3v) is 3.84. The molecular formula is C14H13ClN2O2S. The largest absolute Gasteiger partial charge is 0.504 e. The van der Waals surface area contributed by atoms with Crippen molar-refractivity contribution >= 4 is 35.1 Å². The van der Waals surface area contributed by atoms with Crippen LogP contribution in [0.5, 0.6) is 5.75 Å². The Morgan fingerprint density at radius 1 is 1.30 bits per heavy atom. The molecule has 1 aromatic carbocycles. The summed E-state index contributed by atoms with van der Waals surface area (Å²) in [6, 6.07) is 10.6. The van der Waals surface area contributed by atoms with Crippen molar-refractivity contribution in [2.24, 2.45) is 0 Å². The van der Waals surface area contributed by atoms with E-state index < -0.39 is 0 Å². The van der Waals surface area contributed by atoms with Crippen LogP contribution in [-0.4, -0.2) is 21.8 Å². The van der Waals surface area contributed by atoms with Crippen molar-refractivity contribution in [2.75, 3.05) is 11.1 Å². The number of hydrogen-bond donors (Lipinski definition) is 2. The molecule has 0 fully saturated rings. The van der Waals surface area contributed by atoms with Crippen molar-refractivity contribution in [3.05, 3.63) is 53.2 Å². The average molecular weight is 309 g/mol. The van der Waals surface area contributed by atoms with E-state index >= 15 is 0 Å². The molecule has 1 amide bonds. The van der Waals surface area contributed by atoms with Crippen LogP contribution in [-0.2, 0) is 10.5 Å². The fourth-order valence-electron chi connectivity index (χ4n) is 1.53. The van der Waals surface area contributed by atoms with E-state index in [1.807, 2.05) is 24.3 Å². The maximum Gasteiger partial charge on any atom is 0.235 e. The second-order valence-corrected chi connectivity index (χ2v) is 5.40. The molecule has 20 heavy (non-hydrogen) atoms. The fraction of sp³-hybridized carbons (Fsp3) is 0.143. The Balaban J connectivity index is 1.82. The Morgan fingerprint density at radius 3 is 2.85 bits per heavy atom. The highest BCUT2D eigenvalue weighted by molar-refractivity contribution is 7.99. The lowest BCUT2D eigenvalue weighted by atomic mass is 10.2. The average Bonchev–Trinajstić information content (AvgIpc) is 2.43. The first-order valence-electron chi connectivity index (χ1n) is 5.92. The van der Waals surface area contributed by atoms with Gasteiger partial charge in [-0.05, 0) is 23.8 Å². The zero-order valence-electron chi connectivity index (χ0n) is 10.5. The van der Waals surface area contributed by atoms with Gasteiger partial charge in [0, 0.05) is 17.0 Å². The molecule has 0 aliphatic rings. The maximum absolute atomic E-state index is 11.7. The van der Waals surface area contributed by atoms with Crippen LogP contribution in [0.1, 0.15) is 5.56 Å². The van der Waals surface area contributed by atoms with Crippen LogP contribution >= 0.6 is 23.4 Å². The van der Waals surface area contributed by atoms with Gasteiger partial charge < -0.3 is 10.4 Å². The lowest BCUT2D eigenvalue weighted by Crippen LogP contribution is -2.15. The predicted molar refractivity (Wildman–Crippen MR) is 82.1 cm³/mol. The third kappa shape index (κ3) is 4.15. The minimum absolute atomic E-state index is 0.0445. The molecule has 6 heteroatoms. The molecule has 2 aromatic rings. The summed E-state index contributed by atoms with van der Waals surface area (Å²) in [5.74, 6) is 0.839. The quantitative estimate of drug-likeness (QED) is 0.889. The molecular weight excluding hydrogens is 296 g/mol. The number of benzene rings is 1. The number of thioether (sulfide) groups is 1. The number of nitrogens with one attached hydrogen (secondary N) is 1. The smallest absolute Gasteiger partial charge is 0.235 e. The van der Waals surface area contributed by atoms with Crippen molar-refractivity contribution in [3.63, 3.8) is 0 Å². The molecule has 0 radical (unpaired) electrons. The number of aromatic nitrogens is 1. The molecule has 104 valence electrons. The zero-order chi connectivity index (χ0) is 14.4. The van der Waals surface area contributed by atoms with Crippen LogP contribution in [0.25, 0.3) is 0 Å². The van der Waals surface area contributed by atoms with Gasteiger partial charge >= 0.3 is 0 Å². The summed E-state index contributed by atoms with van der Waals surface area (Å²) in [5.41, 5.74) is 0.993. The molecule has 2 N–H and O–H groups in total. The van der Waals surface area contributed by atoms with E-state index in [0.29, 0.717) is 10.8 Å². The van der Waals surface area contributed by atoms with Gasteiger partial charge in [-0.2, -0.15) is 0 Å². The predicted octanol–water partition coefficient (Wildman–Crippen LogP) is 3.31. The molecule has 4 nitrogen and oxygen atoms in total. The summed E-state index contributed by atoms with van der Waals surface area (Å²) in [6.07, 6.45) is 1.51. The molecule has 0 saturated carbocycles. The topological polar surface area (TPSA) is 62.2 Å². The summed E-state index contributed by atoms with van der Waals surface area (Å²) in [4.78, 5) is 15.6. The van der Waals surface area contributed by atoms with E-state index in [4.69, 9.17) is 11.6 Å². The number of carbonyl (C=O) groups is 1. The summed E-state index contributed by atoms with van der Waals surface area (Å²) >= 11 is 7.48. The fourth-order valence-corrected chi connectivity index (χ4v) is 2.64. The molecule has 1 heterocycles. The molecule has 0 saturated heterocycles. The van der Waals surface area contributed by atoms with Crippen molar-refractivity contribution in [3.8, 4) is 5.75 Å². The highest BCUT2D eigenvalue weighted by atomic mass is 35.5. The normalized spacial score (nSPS) is 10.2. The van der Waals surface area contributed by atoms with Gasteiger partial charge in [-0.25, -0.2) is 4.98 Å². The van der Waals surface area contributed by atoms with Crippen molar-refractivity contribution in [1.82, 2.24) is 4.98 Å². The second-order valence-electron chi connectivity index (χ2n) is 4.00. The molecule has 0 spiro atoms. The van der Waals surface area contributed by atoms with Crippen LogP contribution < -0.4 is 5.32 Å². The first-order valence-corrected chi connectivity index (χ1v) is 7.45. The minimum atomic E-state index is -0.212. The van der Waals surface area contributed by atoms with Gasteiger partial charge in [0.15, 0.2) is 11.6 Å². The Morgan fingerprint density at radius 2 is 2.10 bits per heavy atom. The zero-order valence-corrected chi connectivity index (χ0v) is 12.1. The lowest BCUT2D eigenvalue weighted by Gasteiger charge is -2.06. The van der Waals surface area contributed by atoms with E-state index in [1.165, 1.54) is 24.0 Å². The number of aromatic hydroxyl groups is 1. The third-order valence-electron chi connectivity index (χ3n) is 2.49. The first-order chi connectivity index (χ1) is 9.66. The molecule has 0 atom stereocenters. The van der Waals surface area contributed by atoms with Crippen LogP contribution in [0.4, 0.5) is 5.82 Å². The first kappa shape index (κ1) is 14.7. The number of pyridine rings is 1. The van der Waals surface area contributed by atoms with E-state index in [2.05, 4.69) is 10.3 Å². The van der Waals surface area contributed by atoms with Crippen molar-refractivity contribution in [2.45, 2.75) is 5.75 Å². The van der Waals surface area contributed by atoms with Crippen LogP contribution in [0.3, 0.4) is 0 Å².